The molecule has 5 nitrogen and oxygen atoms in total. The summed E-state index contributed by atoms with van der Waals surface area (Å²) in [4.78, 5) is 25.5. The summed E-state index contributed by atoms with van der Waals surface area (Å²) in [6.07, 6.45) is 0.278. The number of esters is 2. The van der Waals surface area contributed by atoms with E-state index >= 15 is 0 Å². The first-order valence-corrected chi connectivity index (χ1v) is 11.5. The van der Waals surface area contributed by atoms with Crippen molar-refractivity contribution >= 4 is 24.4 Å². The molecule has 28 heavy (non-hydrogen) atoms. The second-order valence-electron chi connectivity index (χ2n) is 8.11. The highest BCUT2D eigenvalue weighted by molar-refractivity contribution is 7.74. The molecule has 0 aliphatic heterocycles. The van der Waals surface area contributed by atoms with Gasteiger partial charge in [-0.3, -0.25) is 9.59 Å². The molecule has 0 bridgehead atoms. The van der Waals surface area contributed by atoms with E-state index in [-0.39, 0.29) is 19.6 Å². The van der Waals surface area contributed by atoms with Crippen LogP contribution in [-0.2, 0) is 23.6 Å². The largest absolute Gasteiger partial charge is 0.466 e. The van der Waals surface area contributed by atoms with Crippen LogP contribution in [0.4, 0.5) is 0 Å². The first-order chi connectivity index (χ1) is 13.1. The number of carbonyl (C=O) groups excluding carboxylic acids is 2. The van der Waals surface area contributed by atoms with Crippen molar-refractivity contribution < 1.29 is 23.6 Å². The highest BCUT2D eigenvalue weighted by atomic mass is 31.2. The van der Waals surface area contributed by atoms with Gasteiger partial charge in [0.25, 0.3) is 0 Å². The topological polar surface area (TPSA) is 69.7 Å². The predicted molar refractivity (Wildman–Crippen MR) is 111 cm³/mol. The smallest absolute Gasteiger partial charge is 0.310 e. The van der Waals surface area contributed by atoms with Crippen LogP contribution in [0.25, 0.3) is 0 Å². The van der Waals surface area contributed by atoms with Crippen molar-refractivity contribution in [3.8, 4) is 0 Å². The summed E-state index contributed by atoms with van der Waals surface area (Å²) >= 11 is 0. The third kappa shape index (κ3) is 3.96. The number of carbonyl (C=O) groups is 2. The Morgan fingerprint density at radius 1 is 1.07 bits per heavy atom. The van der Waals surface area contributed by atoms with Gasteiger partial charge in [-0.1, -0.05) is 63.3 Å². The zero-order valence-electron chi connectivity index (χ0n) is 17.4. The Balaban J connectivity index is 2.66. The van der Waals surface area contributed by atoms with E-state index < -0.39 is 41.7 Å². The quantitative estimate of drug-likeness (QED) is 0.403. The first-order valence-electron chi connectivity index (χ1n) is 9.75. The predicted octanol–water partition coefficient (Wildman–Crippen LogP) is 4.16. The molecule has 0 heterocycles. The van der Waals surface area contributed by atoms with Gasteiger partial charge in [0.1, 0.15) is 7.14 Å². The number of ether oxygens (including phenoxy) is 2. The van der Waals surface area contributed by atoms with Crippen molar-refractivity contribution in [2.75, 3.05) is 13.2 Å². The van der Waals surface area contributed by atoms with Gasteiger partial charge in [0.05, 0.1) is 30.7 Å². The Morgan fingerprint density at radius 2 is 1.61 bits per heavy atom. The maximum atomic E-state index is 14.7. The molecule has 0 radical (unpaired) electrons. The molecule has 154 valence electrons. The van der Waals surface area contributed by atoms with Crippen LogP contribution in [-0.4, -0.2) is 36.0 Å². The minimum Gasteiger partial charge on any atom is -0.466 e. The first kappa shape index (κ1) is 22.4. The van der Waals surface area contributed by atoms with Crippen LogP contribution in [0.1, 0.15) is 41.0 Å². The molecule has 1 aromatic rings. The number of benzene rings is 1. The molecular weight excluding hydrogens is 375 g/mol. The van der Waals surface area contributed by atoms with Crippen LogP contribution in [0.15, 0.2) is 42.5 Å². The van der Waals surface area contributed by atoms with Gasteiger partial charge in [0, 0.05) is 10.5 Å². The number of allylic oxidation sites excluding steroid dienone is 1. The lowest BCUT2D eigenvalue weighted by molar-refractivity contribution is -0.158. The van der Waals surface area contributed by atoms with Crippen LogP contribution in [0, 0.1) is 11.8 Å². The lowest BCUT2D eigenvalue weighted by Gasteiger charge is -2.39. The summed E-state index contributed by atoms with van der Waals surface area (Å²) < 4.78 is 25.2. The standard InChI is InChI=1S/C22H31O5P/c1-7-26-20(23)17-14-15(3)19(18(17)21(24)27-8-2)28(25,22(4,5)6)16-12-10-9-11-13-16/h9-13,17-19H,3,7-8,14H2,1-2,4-6H3/t17-,18+,19+,28?/m1/s1. The third-order valence-electron chi connectivity index (χ3n) is 5.35. The van der Waals surface area contributed by atoms with Gasteiger partial charge in [-0.2, -0.15) is 0 Å². The fourth-order valence-corrected chi connectivity index (χ4v) is 8.06. The monoisotopic (exact) mass is 406 g/mol. The molecule has 1 unspecified atom stereocenters. The molecule has 4 atom stereocenters. The summed E-state index contributed by atoms with van der Waals surface area (Å²) in [5.41, 5.74) is -0.0124. The lowest BCUT2D eigenvalue weighted by Crippen LogP contribution is -2.40. The molecule has 0 N–H and O–H groups in total. The average Bonchev–Trinajstić information content (AvgIpc) is 2.99. The molecular formula is C22H31O5P. The van der Waals surface area contributed by atoms with Gasteiger partial charge in [-0.25, -0.2) is 0 Å². The Labute approximate surface area is 167 Å². The number of hydrogen-bond acceptors (Lipinski definition) is 5. The molecule has 0 spiro atoms. The van der Waals surface area contributed by atoms with Crippen molar-refractivity contribution in [3.63, 3.8) is 0 Å². The van der Waals surface area contributed by atoms with Gasteiger partial charge in [-0.15, -0.1) is 0 Å². The Kier molecular flexibility index (Phi) is 6.93. The van der Waals surface area contributed by atoms with E-state index in [0.717, 1.165) is 0 Å². The molecule has 1 aliphatic rings. The van der Waals surface area contributed by atoms with Crippen molar-refractivity contribution in [3.05, 3.63) is 42.5 Å². The zero-order chi connectivity index (χ0) is 21.1. The fourth-order valence-electron chi connectivity index (χ4n) is 4.11. The van der Waals surface area contributed by atoms with E-state index in [1.807, 2.05) is 51.1 Å². The van der Waals surface area contributed by atoms with Gasteiger partial charge in [-0.05, 0) is 20.3 Å². The normalized spacial score (nSPS) is 24.5. The van der Waals surface area contributed by atoms with E-state index in [4.69, 9.17) is 9.47 Å². The van der Waals surface area contributed by atoms with Crippen LogP contribution in [0.2, 0.25) is 0 Å². The van der Waals surface area contributed by atoms with Crippen LogP contribution >= 0.6 is 7.14 Å². The van der Waals surface area contributed by atoms with Gasteiger partial charge >= 0.3 is 11.9 Å². The Bertz CT molecular complexity index is 778. The average molecular weight is 406 g/mol. The van der Waals surface area contributed by atoms with Crippen molar-refractivity contribution in [1.29, 1.82) is 0 Å². The van der Waals surface area contributed by atoms with Gasteiger partial charge < -0.3 is 14.0 Å². The van der Waals surface area contributed by atoms with Gasteiger partial charge in [0.2, 0.25) is 0 Å². The molecule has 1 fully saturated rings. The molecule has 6 heteroatoms. The van der Waals surface area contributed by atoms with E-state index in [9.17, 15) is 14.2 Å². The second-order valence-corrected chi connectivity index (χ2v) is 11.8. The van der Waals surface area contributed by atoms with Gasteiger partial charge in [0.15, 0.2) is 0 Å². The third-order valence-corrected chi connectivity index (χ3v) is 9.88. The Hall–Kier alpha value is -1.87. The minimum absolute atomic E-state index is 0.190. The molecule has 0 amide bonds. The summed E-state index contributed by atoms with van der Waals surface area (Å²) in [5, 5.41) is 0.0587. The molecule has 0 saturated heterocycles. The molecule has 0 aromatic heterocycles. The fraction of sp³-hybridized carbons (Fsp3) is 0.545. The molecule has 2 rings (SSSR count). The summed E-state index contributed by atoms with van der Waals surface area (Å²) in [6, 6.07) is 9.21. The van der Waals surface area contributed by atoms with E-state index in [1.54, 1.807) is 13.8 Å². The van der Waals surface area contributed by atoms with E-state index in [1.165, 1.54) is 0 Å². The maximum Gasteiger partial charge on any atom is 0.310 e. The summed E-state index contributed by atoms with van der Waals surface area (Å²) in [7, 11) is -3.20. The highest BCUT2D eigenvalue weighted by Gasteiger charge is 2.58. The van der Waals surface area contributed by atoms with Crippen LogP contribution < -0.4 is 5.30 Å². The van der Waals surface area contributed by atoms with Crippen LogP contribution in [0.3, 0.4) is 0 Å². The number of hydrogen-bond donors (Lipinski definition) is 0. The highest BCUT2D eigenvalue weighted by Crippen LogP contribution is 2.67. The minimum atomic E-state index is -3.20. The number of rotatable bonds is 6. The second kappa shape index (κ2) is 8.65. The molecule has 1 aromatic carbocycles. The molecule has 1 saturated carbocycles. The summed E-state index contributed by atoms with van der Waals surface area (Å²) in [5.74, 6) is -2.56. The lowest BCUT2D eigenvalue weighted by atomic mass is 9.96. The van der Waals surface area contributed by atoms with E-state index in [2.05, 4.69) is 6.58 Å². The Morgan fingerprint density at radius 3 is 2.11 bits per heavy atom. The van der Waals surface area contributed by atoms with Crippen molar-refractivity contribution in [2.45, 2.75) is 51.9 Å². The molecule has 1 aliphatic carbocycles. The summed E-state index contributed by atoms with van der Waals surface area (Å²) in [6.45, 7) is 13.7. The van der Waals surface area contributed by atoms with Crippen LogP contribution in [0.5, 0.6) is 0 Å². The maximum absolute atomic E-state index is 14.7. The van der Waals surface area contributed by atoms with Crippen molar-refractivity contribution in [2.24, 2.45) is 11.8 Å². The van der Waals surface area contributed by atoms with Crippen molar-refractivity contribution in [1.82, 2.24) is 0 Å². The zero-order valence-corrected chi connectivity index (χ0v) is 18.3. The van der Waals surface area contributed by atoms with E-state index in [0.29, 0.717) is 10.9 Å². The SMILES string of the molecule is C=C1C[C@@H](C(=O)OCC)[C@H](C(=O)OCC)[C@H]1P(=O)(c1ccccc1)C(C)(C)C.